The number of nitrogens with two attached hydrogens (primary N) is 1. The van der Waals surface area contributed by atoms with Gasteiger partial charge in [0.15, 0.2) is 0 Å². The van der Waals surface area contributed by atoms with Gasteiger partial charge in [-0.05, 0) is 35.2 Å². The molecule has 1 heterocycles. The molecule has 0 saturated heterocycles. The zero-order chi connectivity index (χ0) is 13.1. The van der Waals surface area contributed by atoms with Crippen LogP contribution in [0.25, 0.3) is 0 Å². The molecule has 0 spiro atoms. The highest BCUT2D eigenvalue weighted by atomic mass is 79.9. The standard InChI is InChI=1S/C13H22BrN3O/c1-3-10-13(14)11(17(2)16-10)8-18-12-7-5-4-6-9(12)15/h9,12H,3-8,15H2,1-2H3. The lowest BCUT2D eigenvalue weighted by Gasteiger charge is -2.28. The first-order valence-electron chi connectivity index (χ1n) is 6.71. The first-order valence-corrected chi connectivity index (χ1v) is 7.50. The van der Waals surface area contributed by atoms with Crippen LogP contribution < -0.4 is 5.73 Å². The van der Waals surface area contributed by atoms with Crippen LogP contribution in [0, 0.1) is 0 Å². The van der Waals surface area contributed by atoms with E-state index < -0.39 is 0 Å². The van der Waals surface area contributed by atoms with Gasteiger partial charge in [0.25, 0.3) is 0 Å². The normalized spacial score (nSPS) is 24.4. The summed E-state index contributed by atoms with van der Waals surface area (Å²) in [5.41, 5.74) is 8.28. The maximum Gasteiger partial charge on any atom is 0.0900 e. The van der Waals surface area contributed by atoms with Gasteiger partial charge in [-0.2, -0.15) is 5.10 Å². The summed E-state index contributed by atoms with van der Waals surface area (Å²) < 4.78 is 8.97. The predicted octanol–water partition coefficient (Wildman–Crippen LogP) is 2.53. The molecule has 1 fully saturated rings. The third-order valence-corrected chi connectivity index (χ3v) is 4.61. The Morgan fingerprint density at radius 3 is 2.78 bits per heavy atom. The quantitative estimate of drug-likeness (QED) is 0.929. The fourth-order valence-corrected chi connectivity index (χ4v) is 3.23. The number of halogens is 1. The lowest BCUT2D eigenvalue weighted by molar-refractivity contribution is 0.00107. The second kappa shape index (κ2) is 6.17. The average molecular weight is 316 g/mol. The lowest BCUT2D eigenvalue weighted by atomic mass is 9.93. The molecule has 4 nitrogen and oxygen atoms in total. The Morgan fingerprint density at radius 1 is 1.44 bits per heavy atom. The Labute approximate surface area is 117 Å². The largest absolute Gasteiger partial charge is 0.370 e. The van der Waals surface area contributed by atoms with E-state index in [4.69, 9.17) is 10.5 Å². The van der Waals surface area contributed by atoms with Crippen molar-refractivity contribution >= 4 is 15.9 Å². The summed E-state index contributed by atoms with van der Waals surface area (Å²) in [5.74, 6) is 0. The number of nitrogens with zero attached hydrogens (tertiary/aromatic N) is 2. The predicted molar refractivity (Wildman–Crippen MR) is 75.3 cm³/mol. The molecule has 2 N–H and O–H groups in total. The molecule has 0 aliphatic heterocycles. The van der Waals surface area contributed by atoms with Gasteiger partial charge in [0.05, 0.1) is 28.6 Å². The summed E-state index contributed by atoms with van der Waals surface area (Å²) >= 11 is 3.61. The molecule has 0 bridgehead atoms. The molecule has 18 heavy (non-hydrogen) atoms. The van der Waals surface area contributed by atoms with Crippen molar-refractivity contribution in [3.05, 3.63) is 15.9 Å². The molecule has 2 rings (SSSR count). The maximum atomic E-state index is 6.09. The van der Waals surface area contributed by atoms with Crippen LogP contribution in [0.15, 0.2) is 4.47 Å². The summed E-state index contributed by atoms with van der Waals surface area (Å²) in [6.07, 6.45) is 5.75. The molecule has 0 radical (unpaired) electrons. The Morgan fingerprint density at radius 2 is 2.17 bits per heavy atom. The number of hydrogen-bond donors (Lipinski definition) is 1. The second-order valence-electron chi connectivity index (χ2n) is 4.98. The molecule has 2 atom stereocenters. The number of ether oxygens (including phenoxy) is 1. The van der Waals surface area contributed by atoms with Crippen LogP contribution >= 0.6 is 15.9 Å². The van der Waals surface area contributed by atoms with E-state index in [1.54, 1.807) is 0 Å². The zero-order valence-corrected chi connectivity index (χ0v) is 12.7. The first kappa shape index (κ1) is 14.0. The Balaban J connectivity index is 1.99. The molecular weight excluding hydrogens is 294 g/mol. The topological polar surface area (TPSA) is 53.1 Å². The monoisotopic (exact) mass is 315 g/mol. The fourth-order valence-electron chi connectivity index (χ4n) is 2.50. The molecule has 1 saturated carbocycles. The molecule has 1 aliphatic carbocycles. The third kappa shape index (κ3) is 2.95. The van der Waals surface area contributed by atoms with E-state index in [2.05, 4.69) is 28.0 Å². The Bertz CT molecular complexity index is 405. The van der Waals surface area contributed by atoms with E-state index in [1.165, 1.54) is 12.8 Å². The van der Waals surface area contributed by atoms with Crippen LogP contribution in [0.4, 0.5) is 0 Å². The van der Waals surface area contributed by atoms with Gasteiger partial charge < -0.3 is 10.5 Å². The van der Waals surface area contributed by atoms with Gasteiger partial charge in [0.2, 0.25) is 0 Å². The Hall–Kier alpha value is -0.390. The van der Waals surface area contributed by atoms with Gasteiger partial charge in [-0.3, -0.25) is 4.68 Å². The summed E-state index contributed by atoms with van der Waals surface area (Å²) in [5, 5.41) is 4.47. The van der Waals surface area contributed by atoms with Gasteiger partial charge in [-0.1, -0.05) is 19.8 Å². The van der Waals surface area contributed by atoms with Gasteiger partial charge >= 0.3 is 0 Å². The molecular formula is C13H22BrN3O. The van der Waals surface area contributed by atoms with Crippen LogP contribution in [0.2, 0.25) is 0 Å². The van der Waals surface area contributed by atoms with Crippen LogP contribution in [0.1, 0.15) is 44.0 Å². The molecule has 1 aromatic rings. The van der Waals surface area contributed by atoms with Crippen molar-refractivity contribution in [1.29, 1.82) is 0 Å². The number of aromatic nitrogens is 2. The highest BCUT2D eigenvalue weighted by Gasteiger charge is 2.23. The minimum Gasteiger partial charge on any atom is -0.370 e. The van der Waals surface area contributed by atoms with Gasteiger partial charge in [-0.25, -0.2) is 0 Å². The second-order valence-corrected chi connectivity index (χ2v) is 5.78. The SMILES string of the molecule is CCc1nn(C)c(COC2CCCCC2N)c1Br. The minimum absolute atomic E-state index is 0.191. The van der Waals surface area contributed by atoms with Crippen molar-refractivity contribution < 1.29 is 4.74 Å². The summed E-state index contributed by atoms with van der Waals surface area (Å²) in [6.45, 7) is 2.69. The molecule has 5 heteroatoms. The lowest BCUT2D eigenvalue weighted by Crippen LogP contribution is -2.39. The van der Waals surface area contributed by atoms with Crippen molar-refractivity contribution in [2.24, 2.45) is 12.8 Å². The van der Waals surface area contributed by atoms with Crippen LogP contribution in [0.3, 0.4) is 0 Å². The van der Waals surface area contributed by atoms with Crippen molar-refractivity contribution in [1.82, 2.24) is 9.78 Å². The molecule has 0 aromatic carbocycles. The average Bonchev–Trinajstić information content (AvgIpc) is 2.64. The highest BCUT2D eigenvalue weighted by Crippen LogP contribution is 2.25. The number of hydrogen-bond acceptors (Lipinski definition) is 3. The third-order valence-electron chi connectivity index (χ3n) is 3.69. The van der Waals surface area contributed by atoms with Crippen LogP contribution in [0.5, 0.6) is 0 Å². The molecule has 0 amide bonds. The summed E-state index contributed by atoms with van der Waals surface area (Å²) in [4.78, 5) is 0. The van der Waals surface area contributed by atoms with E-state index in [1.807, 2.05) is 11.7 Å². The maximum absolute atomic E-state index is 6.09. The van der Waals surface area contributed by atoms with Gasteiger partial charge in [-0.15, -0.1) is 0 Å². The van der Waals surface area contributed by atoms with Gasteiger partial charge in [0.1, 0.15) is 0 Å². The van der Waals surface area contributed by atoms with E-state index in [0.29, 0.717) is 6.61 Å². The fraction of sp³-hybridized carbons (Fsp3) is 0.769. The summed E-state index contributed by atoms with van der Waals surface area (Å²) in [7, 11) is 1.96. The van der Waals surface area contributed by atoms with Crippen molar-refractivity contribution in [3.63, 3.8) is 0 Å². The number of aryl methyl sites for hydroxylation is 2. The van der Waals surface area contributed by atoms with E-state index in [-0.39, 0.29) is 12.1 Å². The van der Waals surface area contributed by atoms with Crippen molar-refractivity contribution in [2.75, 3.05) is 0 Å². The molecule has 2 unspecified atom stereocenters. The molecule has 1 aromatic heterocycles. The summed E-state index contributed by atoms with van der Waals surface area (Å²) in [6, 6.07) is 0.191. The smallest absolute Gasteiger partial charge is 0.0900 e. The molecule has 1 aliphatic rings. The van der Waals surface area contributed by atoms with Crippen molar-refractivity contribution in [2.45, 2.75) is 57.8 Å². The van der Waals surface area contributed by atoms with Crippen molar-refractivity contribution in [3.8, 4) is 0 Å². The van der Waals surface area contributed by atoms with Crippen LogP contribution in [-0.4, -0.2) is 21.9 Å². The van der Waals surface area contributed by atoms with E-state index in [9.17, 15) is 0 Å². The minimum atomic E-state index is 0.191. The molecule has 102 valence electrons. The zero-order valence-electron chi connectivity index (χ0n) is 11.2. The first-order chi connectivity index (χ1) is 8.63. The Kier molecular flexibility index (Phi) is 4.81. The number of rotatable bonds is 4. The van der Waals surface area contributed by atoms with Crippen LogP contribution in [-0.2, 0) is 24.8 Å². The van der Waals surface area contributed by atoms with Gasteiger partial charge in [0, 0.05) is 13.1 Å². The van der Waals surface area contributed by atoms with E-state index >= 15 is 0 Å². The van der Waals surface area contributed by atoms with E-state index in [0.717, 1.165) is 35.1 Å². The highest BCUT2D eigenvalue weighted by molar-refractivity contribution is 9.10.